The zero-order valence-electron chi connectivity index (χ0n) is 11.9. The summed E-state index contributed by atoms with van der Waals surface area (Å²) in [5, 5.41) is 1.01. The van der Waals surface area contributed by atoms with Crippen LogP contribution >= 0.6 is 15.9 Å². The van der Waals surface area contributed by atoms with E-state index in [0.717, 1.165) is 24.7 Å². The monoisotopic (exact) mass is 329 g/mol. The lowest BCUT2D eigenvalue weighted by molar-refractivity contribution is 0.946. The van der Waals surface area contributed by atoms with Gasteiger partial charge in [-0.1, -0.05) is 52.4 Å². The van der Waals surface area contributed by atoms with Gasteiger partial charge in [0.2, 0.25) is 0 Å². The fraction of sp³-hybridized carbons (Fsp3) is 0.333. The van der Waals surface area contributed by atoms with E-state index in [1.54, 1.807) is 0 Å². The molecule has 0 aromatic heterocycles. The third-order valence-corrected chi connectivity index (χ3v) is 4.47. The normalized spacial score (nSPS) is 19.9. The number of likely N-dealkylation sites (N-methyl/N-ethyl adjacent to an activating group) is 1. The molecule has 2 heteroatoms. The molecule has 3 rings (SSSR count). The lowest BCUT2D eigenvalue weighted by Gasteiger charge is -2.20. The largest absolute Gasteiger partial charge is 0.370 e. The van der Waals surface area contributed by atoms with Crippen molar-refractivity contribution in [2.75, 3.05) is 23.8 Å². The lowest BCUT2D eigenvalue weighted by Crippen LogP contribution is -2.19. The number of hydrogen-bond donors (Lipinski definition) is 0. The van der Waals surface area contributed by atoms with E-state index in [1.807, 2.05) is 0 Å². The Morgan fingerprint density at radius 3 is 2.85 bits per heavy atom. The van der Waals surface area contributed by atoms with Crippen LogP contribution in [0.25, 0.3) is 5.57 Å². The number of para-hydroxylation sites is 1. The van der Waals surface area contributed by atoms with Crippen LogP contribution in [-0.2, 0) is 0 Å². The number of benzene rings is 1. The minimum atomic E-state index is 1.01. The molecule has 1 aromatic carbocycles. The first-order chi connectivity index (χ1) is 9.81. The van der Waals surface area contributed by atoms with Gasteiger partial charge in [-0.05, 0) is 42.0 Å². The van der Waals surface area contributed by atoms with Crippen LogP contribution in [0.5, 0.6) is 0 Å². The van der Waals surface area contributed by atoms with Gasteiger partial charge in [-0.25, -0.2) is 0 Å². The molecule has 104 valence electrons. The quantitative estimate of drug-likeness (QED) is 0.694. The fourth-order valence-corrected chi connectivity index (χ4v) is 3.33. The maximum Gasteiger partial charge on any atom is 0.0446 e. The topological polar surface area (TPSA) is 3.24 Å². The number of anilines is 1. The molecule has 1 nitrogen and oxygen atoms in total. The molecule has 0 atom stereocenters. The molecular weight excluding hydrogens is 310 g/mol. The van der Waals surface area contributed by atoms with E-state index in [1.165, 1.54) is 34.4 Å². The van der Waals surface area contributed by atoms with E-state index in [-0.39, 0.29) is 0 Å². The molecule has 0 fully saturated rings. The Kier molecular flexibility index (Phi) is 4.11. The summed E-state index contributed by atoms with van der Waals surface area (Å²) in [7, 11) is 2.19. The third kappa shape index (κ3) is 2.49. The Morgan fingerprint density at radius 2 is 2.00 bits per heavy atom. The fourth-order valence-electron chi connectivity index (χ4n) is 3.10. The Morgan fingerprint density at radius 1 is 1.20 bits per heavy atom. The van der Waals surface area contributed by atoms with Gasteiger partial charge in [0, 0.05) is 30.2 Å². The van der Waals surface area contributed by atoms with Gasteiger partial charge in [0.1, 0.15) is 0 Å². The highest BCUT2D eigenvalue weighted by Gasteiger charge is 2.23. The minimum Gasteiger partial charge on any atom is -0.370 e. The summed E-state index contributed by atoms with van der Waals surface area (Å²) in [6, 6.07) is 8.77. The van der Waals surface area contributed by atoms with Crippen LogP contribution in [0, 0.1) is 0 Å². The Bertz CT molecular complexity index is 595. The second-order valence-electron chi connectivity index (χ2n) is 5.39. The first kappa shape index (κ1) is 13.7. The Labute approximate surface area is 129 Å². The van der Waals surface area contributed by atoms with Crippen molar-refractivity contribution in [3.8, 4) is 0 Å². The molecule has 0 radical (unpaired) electrons. The highest BCUT2D eigenvalue weighted by Crippen LogP contribution is 2.40. The van der Waals surface area contributed by atoms with Crippen molar-refractivity contribution in [1.29, 1.82) is 0 Å². The predicted molar refractivity (Wildman–Crippen MR) is 91.5 cm³/mol. The molecule has 1 aromatic rings. The van der Waals surface area contributed by atoms with Crippen molar-refractivity contribution >= 4 is 27.2 Å². The van der Waals surface area contributed by atoms with Crippen molar-refractivity contribution in [3.05, 3.63) is 59.2 Å². The molecule has 0 spiro atoms. The molecule has 1 aliphatic carbocycles. The number of rotatable bonds is 2. The second-order valence-corrected chi connectivity index (χ2v) is 6.19. The summed E-state index contributed by atoms with van der Waals surface area (Å²) >= 11 is 3.55. The highest BCUT2D eigenvalue weighted by atomic mass is 79.9. The molecular formula is C18H20BrN. The molecule has 0 bridgehead atoms. The van der Waals surface area contributed by atoms with E-state index in [4.69, 9.17) is 0 Å². The Hall–Kier alpha value is -1.28. The molecule has 0 unspecified atom stereocenters. The second kappa shape index (κ2) is 6.01. The third-order valence-electron chi connectivity index (χ3n) is 4.01. The van der Waals surface area contributed by atoms with Gasteiger partial charge in [0.05, 0.1) is 0 Å². The van der Waals surface area contributed by atoms with Crippen LogP contribution < -0.4 is 4.90 Å². The minimum absolute atomic E-state index is 1.01. The molecule has 1 heterocycles. The summed E-state index contributed by atoms with van der Waals surface area (Å²) in [5.74, 6) is 0. The molecule has 20 heavy (non-hydrogen) atoms. The molecule has 0 N–H and O–H groups in total. The van der Waals surface area contributed by atoms with E-state index in [0.29, 0.717) is 0 Å². The number of fused-ring (bicyclic) bond motifs is 2. The van der Waals surface area contributed by atoms with Crippen LogP contribution in [0.3, 0.4) is 0 Å². The van der Waals surface area contributed by atoms with Crippen LogP contribution in [0.2, 0.25) is 0 Å². The molecule has 0 saturated carbocycles. The summed E-state index contributed by atoms with van der Waals surface area (Å²) in [4.78, 5) is 2.37. The van der Waals surface area contributed by atoms with Gasteiger partial charge in [0.15, 0.2) is 0 Å². The van der Waals surface area contributed by atoms with Gasteiger partial charge < -0.3 is 4.90 Å². The van der Waals surface area contributed by atoms with Crippen molar-refractivity contribution in [3.63, 3.8) is 0 Å². The highest BCUT2D eigenvalue weighted by molar-refractivity contribution is 9.09. The lowest BCUT2D eigenvalue weighted by atomic mass is 9.88. The van der Waals surface area contributed by atoms with E-state index < -0.39 is 0 Å². The smallest absolute Gasteiger partial charge is 0.0446 e. The van der Waals surface area contributed by atoms with Gasteiger partial charge in [-0.15, -0.1) is 0 Å². The van der Waals surface area contributed by atoms with Crippen molar-refractivity contribution < 1.29 is 0 Å². The predicted octanol–water partition coefficient (Wildman–Crippen LogP) is 4.95. The molecule has 1 aliphatic heterocycles. The standard InChI is InChI=1S/C18H20BrN/c1-20-13-14-7-2-3-8-15(14)16(10-6-12-19)17-9-4-5-11-18(17)20/h4-5,7-11H,2-3,6,12-13H2,1H3. The summed E-state index contributed by atoms with van der Waals surface area (Å²) in [6.07, 6.45) is 10.6. The van der Waals surface area contributed by atoms with Gasteiger partial charge in [0.25, 0.3) is 0 Å². The zero-order chi connectivity index (χ0) is 13.9. The number of halogens is 1. The first-order valence-corrected chi connectivity index (χ1v) is 8.40. The SMILES string of the molecule is CN1CC2=CCCC=C2C(=CCCBr)c2ccccc21. The van der Waals surface area contributed by atoms with E-state index >= 15 is 0 Å². The maximum atomic E-state index is 3.55. The number of nitrogens with zero attached hydrogens (tertiary/aromatic N) is 1. The first-order valence-electron chi connectivity index (χ1n) is 7.28. The van der Waals surface area contributed by atoms with E-state index in [9.17, 15) is 0 Å². The van der Waals surface area contributed by atoms with E-state index in [2.05, 4.69) is 70.4 Å². The Balaban J connectivity index is 2.17. The number of alkyl halides is 1. The maximum absolute atomic E-state index is 3.55. The summed E-state index contributed by atoms with van der Waals surface area (Å²) in [5.41, 5.74) is 7.05. The van der Waals surface area contributed by atoms with Crippen molar-refractivity contribution in [2.45, 2.75) is 19.3 Å². The summed E-state index contributed by atoms with van der Waals surface area (Å²) in [6.45, 7) is 1.01. The molecule has 0 saturated heterocycles. The van der Waals surface area contributed by atoms with Gasteiger partial charge in [-0.3, -0.25) is 0 Å². The van der Waals surface area contributed by atoms with Crippen LogP contribution in [0.15, 0.2) is 53.6 Å². The van der Waals surface area contributed by atoms with Crippen LogP contribution in [-0.4, -0.2) is 18.9 Å². The average Bonchev–Trinajstić information content (AvgIpc) is 2.60. The molecule has 0 amide bonds. The molecule has 2 aliphatic rings. The van der Waals surface area contributed by atoms with Gasteiger partial charge in [-0.2, -0.15) is 0 Å². The average molecular weight is 330 g/mol. The van der Waals surface area contributed by atoms with Crippen molar-refractivity contribution in [1.82, 2.24) is 0 Å². The van der Waals surface area contributed by atoms with Crippen LogP contribution in [0.4, 0.5) is 5.69 Å². The zero-order valence-corrected chi connectivity index (χ0v) is 13.5. The van der Waals surface area contributed by atoms with Crippen molar-refractivity contribution in [2.24, 2.45) is 0 Å². The number of hydrogen-bond acceptors (Lipinski definition) is 1. The van der Waals surface area contributed by atoms with Gasteiger partial charge >= 0.3 is 0 Å². The number of allylic oxidation sites excluding steroid dienone is 4. The van der Waals surface area contributed by atoms with Crippen LogP contribution in [0.1, 0.15) is 24.8 Å². The summed E-state index contributed by atoms with van der Waals surface area (Å²) < 4.78 is 0.